The van der Waals surface area contributed by atoms with E-state index in [2.05, 4.69) is 80.7 Å². The summed E-state index contributed by atoms with van der Waals surface area (Å²) in [7, 11) is 0. The molecule has 1 aliphatic carbocycles. The molecule has 1 aliphatic rings. The largest absolute Gasteiger partial charge is 0.348 e. The molecule has 0 aromatic heterocycles. The van der Waals surface area contributed by atoms with Crippen LogP contribution < -0.4 is 11.1 Å². The van der Waals surface area contributed by atoms with E-state index in [0.717, 1.165) is 19.3 Å². The number of aryl methyl sites for hydroxylation is 4. The van der Waals surface area contributed by atoms with Gasteiger partial charge in [-0.3, -0.25) is 4.79 Å². The molecule has 0 heterocycles. The maximum atomic E-state index is 13.0. The molecule has 3 aromatic carbocycles. The molecule has 3 nitrogen and oxygen atoms in total. The first-order chi connectivity index (χ1) is 14.9. The number of fused-ring (bicyclic) bond motifs is 1. The quantitative estimate of drug-likeness (QED) is 0.594. The smallest absolute Gasteiger partial charge is 0.237 e. The minimum absolute atomic E-state index is 0.0196. The van der Waals surface area contributed by atoms with Gasteiger partial charge in [0.1, 0.15) is 0 Å². The average Bonchev–Trinajstić information content (AvgIpc) is 2.76. The first-order valence-corrected chi connectivity index (χ1v) is 11.2. The Morgan fingerprint density at radius 2 is 1.71 bits per heavy atom. The van der Waals surface area contributed by atoms with Crippen molar-refractivity contribution in [3.63, 3.8) is 0 Å². The molecule has 4 rings (SSSR count). The maximum Gasteiger partial charge on any atom is 0.237 e. The van der Waals surface area contributed by atoms with Gasteiger partial charge >= 0.3 is 0 Å². The van der Waals surface area contributed by atoms with Gasteiger partial charge in [0.25, 0.3) is 0 Å². The number of nitrogens with two attached hydrogens (primary N) is 1. The van der Waals surface area contributed by atoms with Gasteiger partial charge in [-0.05, 0) is 91.5 Å². The van der Waals surface area contributed by atoms with Crippen molar-refractivity contribution in [2.24, 2.45) is 5.73 Å². The molecule has 0 spiro atoms. The molecule has 0 aliphatic heterocycles. The number of benzene rings is 3. The first-order valence-electron chi connectivity index (χ1n) is 11.2. The molecule has 1 amide bonds. The summed E-state index contributed by atoms with van der Waals surface area (Å²) in [6, 6.07) is 20.8. The van der Waals surface area contributed by atoms with Crippen molar-refractivity contribution < 1.29 is 4.79 Å². The van der Waals surface area contributed by atoms with E-state index in [4.69, 9.17) is 5.73 Å². The van der Waals surface area contributed by atoms with Gasteiger partial charge < -0.3 is 11.1 Å². The van der Waals surface area contributed by atoms with Crippen LogP contribution in [0.3, 0.4) is 0 Å². The molecule has 3 aromatic rings. The van der Waals surface area contributed by atoms with Crippen molar-refractivity contribution in [1.82, 2.24) is 5.32 Å². The molecule has 0 saturated heterocycles. The number of amides is 1. The molecule has 160 valence electrons. The SMILES string of the molecule is Cc1cc(C)c(C[C@H](N)C(=O)N[C@@H]2CCCc3ccc(-c4ccccc4)cc32)c(C)c1. The summed E-state index contributed by atoms with van der Waals surface area (Å²) in [5.74, 6) is -0.0673. The van der Waals surface area contributed by atoms with Crippen LogP contribution >= 0.6 is 0 Å². The topological polar surface area (TPSA) is 55.1 Å². The summed E-state index contributed by atoms with van der Waals surface area (Å²) < 4.78 is 0. The van der Waals surface area contributed by atoms with E-state index >= 15 is 0 Å². The van der Waals surface area contributed by atoms with Gasteiger partial charge in [0.15, 0.2) is 0 Å². The van der Waals surface area contributed by atoms with E-state index in [0.29, 0.717) is 6.42 Å². The van der Waals surface area contributed by atoms with Gasteiger partial charge in [-0.15, -0.1) is 0 Å². The van der Waals surface area contributed by atoms with Crippen LogP contribution in [-0.2, 0) is 17.6 Å². The third-order valence-electron chi connectivity index (χ3n) is 6.48. The van der Waals surface area contributed by atoms with Crippen molar-refractivity contribution in [1.29, 1.82) is 0 Å². The van der Waals surface area contributed by atoms with Gasteiger partial charge in [0.05, 0.1) is 12.1 Å². The van der Waals surface area contributed by atoms with E-state index < -0.39 is 6.04 Å². The van der Waals surface area contributed by atoms with Gasteiger partial charge in [-0.1, -0.05) is 60.2 Å². The van der Waals surface area contributed by atoms with Crippen LogP contribution in [0.2, 0.25) is 0 Å². The van der Waals surface area contributed by atoms with E-state index in [9.17, 15) is 4.79 Å². The van der Waals surface area contributed by atoms with Crippen LogP contribution in [0.15, 0.2) is 60.7 Å². The fourth-order valence-corrected chi connectivity index (χ4v) is 4.88. The molecule has 0 bridgehead atoms. The average molecular weight is 413 g/mol. The number of rotatable bonds is 5. The lowest BCUT2D eigenvalue weighted by atomic mass is 9.85. The summed E-state index contributed by atoms with van der Waals surface area (Å²) in [5.41, 5.74) is 16.2. The van der Waals surface area contributed by atoms with Gasteiger partial charge in [0.2, 0.25) is 5.91 Å². The van der Waals surface area contributed by atoms with Gasteiger partial charge in [-0.2, -0.15) is 0 Å². The summed E-state index contributed by atoms with van der Waals surface area (Å²) >= 11 is 0. The fraction of sp³-hybridized carbons (Fsp3) is 0.321. The fourth-order valence-electron chi connectivity index (χ4n) is 4.88. The zero-order valence-corrected chi connectivity index (χ0v) is 18.7. The molecule has 2 atom stereocenters. The second-order valence-corrected chi connectivity index (χ2v) is 8.92. The molecular formula is C28H32N2O. The van der Waals surface area contributed by atoms with E-state index in [1.54, 1.807) is 0 Å². The lowest BCUT2D eigenvalue weighted by molar-refractivity contribution is -0.123. The van der Waals surface area contributed by atoms with Crippen LogP contribution in [-0.4, -0.2) is 11.9 Å². The van der Waals surface area contributed by atoms with Crippen molar-refractivity contribution in [3.8, 4) is 11.1 Å². The molecule has 0 fully saturated rings. The van der Waals surface area contributed by atoms with Crippen molar-refractivity contribution in [2.75, 3.05) is 0 Å². The molecule has 0 saturated carbocycles. The van der Waals surface area contributed by atoms with Crippen LogP contribution in [0, 0.1) is 20.8 Å². The van der Waals surface area contributed by atoms with Crippen LogP contribution in [0.25, 0.3) is 11.1 Å². The van der Waals surface area contributed by atoms with Crippen LogP contribution in [0.4, 0.5) is 0 Å². The Morgan fingerprint density at radius 3 is 2.42 bits per heavy atom. The van der Waals surface area contributed by atoms with Crippen LogP contribution in [0.5, 0.6) is 0 Å². The summed E-state index contributed by atoms with van der Waals surface area (Å²) in [5, 5.41) is 3.26. The van der Waals surface area contributed by atoms with Crippen molar-refractivity contribution >= 4 is 5.91 Å². The number of hydrogen-bond acceptors (Lipinski definition) is 2. The highest BCUT2D eigenvalue weighted by atomic mass is 16.2. The maximum absolute atomic E-state index is 13.0. The number of hydrogen-bond donors (Lipinski definition) is 2. The van der Waals surface area contributed by atoms with Gasteiger partial charge in [-0.25, -0.2) is 0 Å². The normalized spacial score (nSPS) is 16.5. The highest BCUT2D eigenvalue weighted by Crippen LogP contribution is 2.33. The zero-order valence-electron chi connectivity index (χ0n) is 18.7. The molecule has 3 N–H and O–H groups in total. The second-order valence-electron chi connectivity index (χ2n) is 8.92. The number of nitrogens with one attached hydrogen (secondary N) is 1. The Kier molecular flexibility index (Phi) is 6.24. The Hall–Kier alpha value is -2.91. The Bertz CT molecular complexity index is 1060. The van der Waals surface area contributed by atoms with E-state index in [-0.39, 0.29) is 11.9 Å². The minimum atomic E-state index is -0.553. The standard InChI is InChI=1S/C28H32N2O/c1-18-14-19(2)24(20(3)15-18)17-26(29)28(31)30-27-11-7-10-22-12-13-23(16-25(22)27)21-8-5-4-6-9-21/h4-6,8-9,12-16,26-27H,7,10-11,17,29H2,1-3H3,(H,30,31)/t26-,27+/m0/s1. The predicted octanol–water partition coefficient (Wildman–Crippen LogP) is 5.34. The first kappa shape index (κ1) is 21.3. The van der Waals surface area contributed by atoms with Crippen molar-refractivity contribution in [2.45, 2.75) is 58.5 Å². The Labute approximate surface area is 185 Å². The molecule has 3 heteroatoms. The number of carbonyl (C=O) groups is 1. The monoisotopic (exact) mass is 412 g/mol. The molecular weight excluding hydrogens is 380 g/mol. The van der Waals surface area contributed by atoms with Gasteiger partial charge in [0, 0.05) is 0 Å². The second kappa shape index (κ2) is 9.07. The highest BCUT2D eigenvalue weighted by molar-refractivity contribution is 5.82. The lowest BCUT2D eigenvalue weighted by Gasteiger charge is -2.28. The predicted molar refractivity (Wildman–Crippen MR) is 128 cm³/mol. The Balaban J connectivity index is 1.52. The lowest BCUT2D eigenvalue weighted by Crippen LogP contribution is -2.44. The minimum Gasteiger partial charge on any atom is -0.348 e. The highest BCUT2D eigenvalue weighted by Gasteiger charge is 2.25. The van der Waals surface area contributed by atoms with E-state index in [1.165, 1.54) is 44.5 Å². The zero-order chi connectivity index (χ0) is 22.0. The van der Waals surface area contributed by atoms with Crippen LogP contribution in [0.1, 0.15) is 52.3 Å². The summed E-state index contributed by atoms with van der Waals surface area (Å²) in [6.45, 7) is 6.30. The summed E-state index contributed by atoms with van der Waals surface area (Å²) in [6.07, 6.45) is 3.65. The molecule has 0 unspecified atom stereocenters. The third kappa shape index (κ3) is 4.72. The number of carbonyl (C=O) groups excluding carboxylic acids is 1. The third-order valence-corrected chi connectivity index (χ3v) is 6.48. The Morgan fingerprint density at radius 1 is 1.00 bits per heavy atom. The molecule has 0 radical (unpaired) electrons. The van der Waals surface area contributed by atoms with E-state index in [1.807, 2.05) is 6.07 Å². The molecule has 31 heavy (non-hydrogen) atoms. The van der Waals surface area contributed by atoms with Crippen molar-refractivity contribution in [3.05, 3.63) is 94.0 Å². The summed E-state index contributed by atoms with van der Waals surface area (Å²) in [4.78, 5) is 13.0.